The molecule has 5 heteroatoms. The number of likely N-dealkylation sites (tertiary alicyclic amines) is 1. The Labute approximate surface area is 166 Å². The molecule has 1 amide bonds. The van der Waals surface area contributed by atoms with Gasteiger partial charge in [-0.3, -0.25) is 4.79 Å². The minimum atomic E-state index is 0.159. The maximum absolute atomic E-state index is 12.5. The topological polar surface area (TPSA) is 32.8 Å². The zero-order valence-electron chi connectivity index (χ0n) is 16.6. The molecule has 0 N–H and O–H groups in total. The molecule has 1 aliphatic rings. The van der Waals surface area contributed by atoms with Crippen LogP contribution in [0, 0.1) is 12.8 Å². The molecule has 27 heavy (non-hydrogen) atoms. The highest BCUT2D eigenvalue weighted by molar-refractivity contribution is 7.13. The van der Waals surface area contributed by atoms with Crippen LogP contribution in [0.3, 0.4) is 0 Å². The van der Waals surface area contributed by atoms with Gasteiger partial charge in [0, 0.05) is 25.0 Å². The van der Waals surface area contributed by atoms with Gasteiger partial charge in [-0.2, -0.15) is 0 Å². The molecule has 1 fully saturated rings. The van der Waals surface area contributed by atoms with Gasteiger partial charge in [0.2, 0.25) is 0 Å². The molecule has 0 atom stereocenters. The number of carbonyl (C=O) groups is 1. The summed E-state index contributed by atoms with van der Waals surface area (Å²) in [6, 6.07) is 12.2. The number of aryl methyl sites for hydroxylation is 1. The Bertz CT molecular complexity index is 750. The van der Waals surface area contributed by atoms with Crippen LogP contribution in [0.15, 0.2) is 36.4 Å². The molecule has 1 aromatic heterocycles. The van der Waals surface area contributed by atoms with E-state index in [-0.39, 0.29) is 5.91 Å². The van der Waals surface area contributed by atoms with Gasteiger partial charge in [-0.25, -0.2) is 0 Å². The molecule has 1 aliphatic heterocycles. The van der Waals surface area contributed by atoms with Crippen molar-refractivity contribution in [2.75, 3.05) is 40.3 Å². The number of nitrogens with zero attached hydrogens (tertiary/aromatic N) is 2. The first-order chi connectivity index (χ1) is 13.1. The standard InChI is InChI=1S/C22H30N2O2S/c1-17-8-9-21(27-17)22(25)23(2)16-18-10-13-24(14-11-18)15-12-19-6-4-5-7-20(19)26-3/h4-9,18H,10-16H2,1-3H3. The molecule has 0 radical (unpaired) electrons. The molecule has 2 aromatic rings. The van der Waals surface area contributed by atoms with E-state index >= 15 is 0 Å². The van der Waals surface area contributed by atoms with Gasteiger partial charge in [0.05, 0.1) is 12.0 Å². The average Bonchev–Trinajstić information content (AvgIpc) is 3.13. The van der Waals surface area contributed by atoms with Crippen LogP contribution in [0.5, 0.6) is 5.75 Å². The summed E-state index contributed by atoms with van der Waals surface area (Å²) in [4.78, 5) is 19.0. The van der Waals surface area contributed by atoms with Crippen molar-refractivity contribution in [1.82, 2.24) is 9.80 Å². The summed E-state index contributed by atoms with van der Waals surface area (Å²) in [6.07, 6.45) is 3.34. The van der Waals surface area contributed by atoms with E-state index in [1.165, 1.54) is 10.4 Å². The summed E-state index contributed by atoms with van der Waals surface area (Å²) in [5.74, 6) is 1.74. The second-order valence-corrected chi connectivity index (χ2v) is 8.73. The molecular formula is C22H30N2O2S. The fraction of sp³-hybridized carbons (Fsp3) is 0.500. The quantitative estimate of drug-likeness (QED) is 0.718. The third-order valence-corrected chi connectivity index (χ3v) is 6.42. The number of amides is 1. The lowest BCUT2D eigenvalue weighted by atomic mass is 9.96. The molecule has 0 saturated carbocycles. The van der Waals surface area contributed by atoms with Crippen molar-refractivity contribution in [3.05, 3.63) is 51.7 Å². The van der Waals surface area contributed by atoms with Gasteiger partial charge < -0.3 is 14.5 Å². The van der Waals surface area contributed by atoms with Crippen LogP contribution in [-0.4, -0.2) is 56.0 Å². The van der Waals surface area contributed by atoms with Crippen molar-refractivity contribution in [2.24, 2.45) is 5.92 Å². The summed E-state index contributed by atoms with van der Waals surface area (Å²) in [7, 11) is 3.67. The predicted octanol–water partition coefficient (Wildman–Crippen LogP) is 4.09. The maximum Gasteiger partial charge on any atom is 0.263 e. The van der Waals surface area contributed by atoms with E-state index in [0.717, 1.165) is 56.1 Å². The fourth-order valence-electron chi connectivity index (χ4n) is 3.79. The number of thiophene rings is 1. The van der Waals surface area contributed by atoms with Crippen LogP contribution in [0.2, 0.25) is 0 Å². The maximum atomic E-state index is 12.5. The van der Waals surface area contributed by atoms with Crippen molar-refractivity contribution in [1.29, 1.82) is 0 Å². The van der Waals surface area contributed by atoms with Gasteiger partial charge in [-0.05, 0) is 69.0 Å². The van der Waals surface area contributed by atoms with E-state index in [9.17, 15) is 4.79 Å². The Balaban J connectivity index is 1.43. The highest BCUT2D eigenvalue weighted by Crippen LogP contribution is 2.23. The van der Waals surface area contributed by atoms with E-state index in [1.54, 1.807) is 18.4 Å². The van der Waals surface area contributed by atoms with E-state index in [4.69, 9.17) is 4.74 Å². The van der Waals surface area contributed by atoms with E-state index in [0.29, 0.717) is 5.92 Å². The molecular weight excluding hydrogens is 356 g/mol. The second kappa shape index (κ2) is 9.38. The highest BCUT2D eigenvalue weighted by Gasteiger charge is 2.23. The van der Waals surface area contributed by atoms with Crippen LogP contribution in [0.4, 0.5) is 0 Å². The number of hydrogen-bond donors (Lipinski definition) is 0. The number of benzene rings is 1. The molecule has 146 valence electrons. The largest absolute Gasteiger partial charge is 0.496 e. The number of piperidine rings is 1. The molecule has 2 heterocycles. The van der Waals surface area contributed by atoms with Crippen LogP contribution < -0.4 is 4.74 Å². The minimum Gasteiger partial charge on any atom is -0.496 e. The lowest BCUT2D eigenvalue weighted by Gasteiger charge is -2.34. The molecule has 1 aromatic carbocycles. The summed E-state index contributed by atoms with van der Waals surface area (Å²) >= 11 is 1.58. The number of carbonyl (C=O) groups excluding carboxylic acids is 1. The van der Waals surface area contributed by atoms with Gasteiger partial charge in [0.1, 0.15) is 5.75 Å². The van der Waals surface area contributed by atoms with Crippen molar-refractivity contribution in [3.8, 4) is 5.75 Å². The Morgan fingerprint density at radius 1 is 1.22 bits per heavy atom. The number of rotatable bonds is 7. The molecule has 0 spiro atoms. The first-order valence-corrected chi connectivity index (χ1v) is 10.5. The monoisotopic (exact) mass is 386 g/mol. The Morgan fingerprint density at radius 3 is 2.63 bits per heavy atom. The minimum absolute atomic E-state index is 0.159. The molecule has 1 saturated heterocycles. The number of para-hydroxylation sites is 1. The number of ether oxygens (including phenoxy) is 1. The molecule has 3 rings (SSSR count). The zero-order valence-corrected chi connectivity index (χ0v) is 17.4. The van der Waals surface area contributed by atoms with Crippen molar-refractivity contribution in [2.45, 2.75) is 26.2 Å². The Kier molecular flexibility index (Phi) is 6.91. The van der Waals surface area contributed by atoms with Gasteiger partial charge in [-0.1, -0.05) is 18.2 Å². The van der Waals surface area contributed by atoms with Crippen LogP contribution in [-0.2, 0) is 6.42 Å². The normalized spacial score (nSPS) is 15.7. The van der Waals surface area contributed by atoms with Gasteiger partial charge in [0.15, 0.2) is 0 Å². The van der Waals surface area contributed by atoms with E-state index < -0.39 is 0 Å². The lowest BCUT2D eigenvalue weighted by Crippen LogP contribution is -2.40. The number of hydrogen-bond acceptors (Lipinski definition) is 4. The van der Waals surface area contributed by atoms with Crippen molar-refractivity contribution in [3.63, 3.8) is 0 Å². The zero-order chi connectivity index (χ0) is 19.2. The fourth-order valence-corrected chi connectivity index (χ4v) is 4.65. The number of methoxy groups -OCH3 is 1. The van der Waals surface area contributed by atoms with Gasteiger partial charge >= 0.3 is 0 Å². The van der Waals surface area contributed by atoms with Crippen LogP contribution in [0.25, 0.3) is 0 Å². The average molecular weight is 387 g/mol. The molecule has 0 bridgehead atoms. The molecule has 0 aliphatic carbocycles. The summed E-state index contributed by atoms with van der Waals surface area (Å²) in [5.41, 5.74) is 1.28. The highest BCUT2D eigenvalue weighted by atomic mass is 32.1. The third kappa shape index (κ3) is 5.33. The predicted molar refractivity (Wildman–Crippen MR) is 112 cm³/mol. The second-order valence-electron chi connectivity index (χ2n) is 7.44. The van der Waals surface area contributed by atoms with Gasteiger partial charge in [-0.15, -0.1) is 11.3 Å². The lowest BCUT2D eigenvalue weighted by molar-refractivity contribution is 0.0745. The first kappa shape index (κ1) is 19.9. The van der Waals surface area contributed by atoms with Crippen LogP contribution in [0.1, 0.15) is 33.0 Å². The summed E-state index contributed by atoms with van der Waals surface area (Å²) in [5, 5.41) is 0. The SMILES string of the molecule is COc1ccccc1CCN1CCC(CN(C)C(=O)c2ccc(C)s2)CC1. The van der Waals surface area contributed by atoms with Crippen molar-refractivity contribution >= 4 is 17.2 Å². The van der Waals surface area contributed by atoms with Crippen LogP contribution >= 0.6 is 11.3 Å². The van der Waals surface area contributed by atoms with E-state index in [2.05, 4.69) is 17.0 Å². The molecule has 0 unspecified atom stereocenters. The molecule has 4 nitrogen and oxygen atoms in total. The Hall–Kier alpha value is -1.85. The smallest absolute Gasteiger partial charge is 0.263 e. The Morgan fingerprint density at radius 2 is 1.96 bits per heavy atom. The summed E-state index contributed by atoms with van der Waals surface area (Å²) < 4.78 is 5.45. The third-order valence-electron chi connectivity index (χ3n) is 5.43. The van der Waals surface area contributed by atoms with E-state index in [1.807, 2.05) is 43.1 Å². The van der Waals surface area contributed by atoms with Crippen molar-refractivity contribution < 1.29 is 9.53 Å². The summed E-state index contributed by atoms with van der Waals surface area (Å²) in [6.45, 7) is 6.19. The first-order valence-electron chi connectivity index (χ1n) is 9.73. The van der Waals surface area contributed by atoms with Gasteiger partial charge in [0.25, 0.3) is 5.91 Å².